The normalized spacial score (nSPS) is 17.1. The SMILES string of the molecule is O=C(c1ccc(Br)s1)N1CC(=O)N(CC2CCN(c3ccncc3)CC2)c2ccccc2C1. The fraction of sp³-hybridized carbons (Fsp3) is 0.320. The summed E-state index contributed by atoms with van der Waals surface area (Å²) in [6.07, 6.45) is 5.71. The van der Waals surface area contributed by atoms with Gasteiger partial charge in [0.2, 0.25) is 5.91 Å². The van der Waals surface area contributed by atoms with Crippen LogP contribution < -0.4 is 9.80 Å². The number of pyridine rings is 1. The van der Waals surface area contributed by atoms with Gasteiger partial charge in [-0.25, -0.2) is 0 Å². The first-order chi connectivity index (χ1) is 16.1. The topological polar surface area (TPSA) is 56.8 Å². The number of para-hydroxylation sites is 1. The lowest BCUT2D eigenvalue weighted by atomic mass is 9.95. The van der Waals surface area contributed by atoms with Gasteiger partial charge in [0.15, 0.2) is 0 Å². The second-order valence-electron chi connectivity index (χ2n) is 8.53. The van der Waals surface area contributed by atoms with Crippen LogP contribution in [-0.4, -0.2) is 47.9 Å². The highest BCUT2D eigenvalue weighted by Crippen LogP contribution is 2.31. The molecule has 33 heavy (non-hydrogen) atoms. The van der Waals surface area contributed by atoms with Crippen molar-refractivity contribution in [1.29, 1.82) is 0 Å². The first-order valence-corrected chi connectivity index (χ1v) is 12.8. The molecular weight excluding hydrogens is 500 g/mol. The number of anilines is 2. The molecule has 6 nitrogen and oxygen atoms in total. The fourth-order valence-corrected chi connectivity index (χ4v) is 6.02. The second kappa shape index (κ2) is 9.65. The summed E-state index contributed by atoms with van der Waals surface area (Å²) in [7, 11) is 0. The molecule has 0 saturated carbocycles. The number of hydrogen-bond acceptors (Lipinski definition) is 5. The zero-order chi connectivity index (χ0) is 22.8. The second-order valence-corrected chi connectivity index (χ2v) is 11.0. The van der Waals surface area contributed by atoms with Crippen LogP contribution in [0.5, 0.6) is 0 Å². The predicted octanol–water partition coefficient (Wildman–Crippen LogP) is 4.81. The molecule has 0 N–H and O–H groups in total. The molecule has 0 unspecified atom stereocenters. The van der Waals surface area contributed by atoms with Crippen LogP contribution in [0.3, 0.4) is 0 Å². The molecule has 4 heterocycles. The summed E-state index contributed by atoms with van der Waals surface area (Å²) in [4.78, 5) is 37.2. The van der Waals surface area contributed by atoms with E-state index in [0.29, 0.717) is 23.9 Å². The van der Waals surface area contributed by atoms with E-state index in [2.05, 4.69) is 25.8 Å². The number of halogens is 1. The van der Waals surface area contributed by atoms with Crippen molar-refractivity contribution < 1.29 is 9.59 Å². The molecule has 0 aliphatic carbocycles. The molecule has 1 aromatic carbocycles. The Bertz CT molecular complexity index is 1140. The Labute approximate surface area is 206 Å². The van der Waals surface area contributed by atoms with Crippen LogP contribution in [-0.2, 0) is 11.3 Å². The summed E-state index contributed by atoms with van der Waals surface area (Å²) in [6.45, 7) is 3.16. The van der Waals surface area contributed by atoms with Gasteiger partial charge in [-0.1, -0.05) is 18.2 Å². The van der Waals surface area contributed by atoms with Crippen LogP contribution in [0.15, 0.2) is 64.7 Å². The third kappa shape index (κ3) is 4.82. The number of carbonyl (C=O) groups excluding carboxylic acids is 2. The van der Waals surface area contributed by atoms with Gasteiger partial charge in [0.25, 0.3) is 5.91 Å². The van der Waals surface area contributed by atoms with E-state index in [1.165, 1.54) is 17.0 Å². The Morgan fingerprint density at radius 3 is 2.52 bits per heavy atom. The van der Waals surface area contributed by atoms with Gasteiger partial charge in [-0.3, -0.25) is 14.6 Å². The maximum absolute atomic E-state index is 13.4. The lowest BCUT2D eigenvalue weighted by molar-refractivity contribution is -0.119. The van der Waals surface area contributed by atoms with Gasteiger partial charge in [-0.05, 0) is 70.6 Å². The van der Waals surface area contributed by atoms with E-state index >= 15 is 0 Å². The molecule has 0 spiro atoms. The maximum Gasteiger partial charge on any atom is 0.264 e. The van der Waals surface area contributed by atoms with Crippen LogP contribution in [0, 0.1) is 5.92 Å². The number of nitrogens with zero attached hydrogens (tertiary/aromatic N) is 4. The minimum atomic E-state index is -0.0960. The van der Waals surface area contributed by atoms with Crippen molar-refractivity contribution in [3.05, 3.63) is 75.2 Å². The van der Waals surface area contributed by atoms with Crippen molar-refractivity contribution in [3.8, 4) is 0 Å². The minimum Gasteiger partial charge on any atom is -0.371 e. The number of amides is 2. The van der Waals surface area contributed by atoms with Gasteiger partial charge in [0, 0.05) is 49.9 Å². The third-order valence-electron chi connectivity index (χ3n) is 6.43. The molecule has 1 fully saturated rings. The average Bonchev–Trinajstić information content (AvgIpc) is 3.23. The summed E-state index contributed by atoms with van der Waals surface area (Å²) >= 11 is 4.83. The van der Waals surface area contributed by atoms with Gasteiger partial charge in [0.05, 0.1) is 8.66 Å². The number of benzene rings is 1. The summed E-state index contributed by atoms with van der Waals surface area (Å²) < 4.78 is 0.909. The molecule has 170 valence electrons. The molecule has 0 atom stereocenters. The quantitative estimate of drug-likeness (QED) is 0.491. The van der Waals surface area contributed by atoms with Crippen molar-refractivity contribution in [3.63, 3.8) is 0 Å². The molecule has 2 aliphatic rings. The Morgan fingerprint density at radius 1 is 1.03 bits per heavy atom. The molecule has 1 saturated heterocycles. The zero-order valence-electron chi connectivity index (χ0n) is 18.2. The van der Waals surface area contributed by atoms with Crippen molar-refractivity contribution in [2.75, 3.05) is 36.0 Å². The van der Waals surface area contributed by atoms with Gasteiger partial charge < -0.3 is 14.7 Å². The van der Waals surface area contributed by atoms with Crippen LogP contribution in [0.4, 0.5) is 11.4 Å². The number of piperidine rings is 1. The van der Waals surface area contributed by atoms with E-state index < -0.39 is 0 Å². The van der Waals surface area contributed by atoms with Crippen molar-refractivity contribution >= 4 is 50.5 Å². The van der Waals surface area contributed by atoms with Crippen LogP contribution in [0.1, 0.15) is 28.1 Å². The highest BCUT2D eigenvalue weighted by Gasteiger charge is 2.32. The highest BCUT2D eigenvalue weighted by atomic mass is 79.9. The lowest BCUT2D eigenvalue weighted by Gasteiger charge is -2.36. The van der Waals surface area contributed by atoms with E-state index in [4.69, 9.17) is 0 Å². The van der Waals surface area contributed by atoms with Crippen LogP contribution in [0.25, 0.3) is 0 Å². The van der Waals surface area contributed by atoms with E-state index in [9.17, 15) is 9.59 Å². The summed E-state index contributed by atoms with van der Waals surface area (Å²) in [6, 6.07) is 15.8. The average molecular weight is 525 g/mol. The number of carbonyl (C=O) groups is 2. The lowest BCUT2D eigenvalue weighted by Crippen LogP contribution is -2.44. The molecule has 5 rings (SSSR count). The van der Waals surface area contributed by atoms with E-state index in [0.717, 1.165) is 41.0 Å². The Morgan fingerprint density at radius 2 is 1.79 bits per heavy atom. The molecule has 0 bridgehead atoms. The smallest absolute Gasteiger partial charge is 0.264 e. The van der Waals surface area contributed by atoms with E-state index in [1.807, 2.05) is 65.8 Å². The van der Waals surface area contributed by atoms with Gasteiger partial charge in [-0.15, -0.1) is 11.3 Å². The van der Waals surface area contributed by atoms with Crippen molar-refractivity contribution in [2.24, 2.45) is 5.92 Å². The number of aromatic nitrogens is 1. The Hall–Kier alpha value is -2.71. The first-order valence-electron chi connectivity index (χ1n) is 11.2. The monoisotopic (exact) mass is 524 g/mol. The number of rotatable bonds is 4. The molecule has 3 aromatic rings. The van der Waals surface area contributed by atoms with Crippen molar-refractivity contribution in [2.45, 2.75) is 19.4 Å². The van der Waals surface area contributed by atoms with Crippen molar-refractivity contribution in [1.82, 2.24) is 9.88 Å². The van der Waals surface area contributed by atoms with Crippen LogP contribution >= 0.6 is 27.3 Å². The Balaban J connectivity index is 1.31. The van der Waals surface area contributed by atoms with Gasteiger partial charge in [-0.2, -0.15) is 0 Å². The van der Waals surface area contributed by atoms with E-state index in [-0.39, 0.29) is 18.4 Å². The molecular formula is C25H25BrN4O2S. The number of hydrogen-bond donors (Lipinski definition) is 0. The minimum absolute atomic E-state index is 0.0134. The summed E-state index contributed by atoms with van der Waals surface area (Å²) in [5, 5.41) is 0. The largest absolute Gasteiger partial charge is 0.371 e. The van der Waals surface area contributed by atoms with Gasteiger partial charge >= 0.3 is 0 Å². The molecule has 2 amide bonds. The summed E-state index contributed by atoms with van der Waals surface area (Å²) in [5.41, 5.74) is 3.15. The first kappa shape index (κ1) is 22.1. The zero-order valence-corrected chi connectivity index (χ0v) is 20.6. The molecule has 0 radical (unpaired) electrons. The highest BCUT2D eigenvalue weighted by molar-refractivity contribution is 9.11. The number of thiophene rings is 1. The maximum atomic E-state index is 13.4. The Kier molecular flexibility index (Phi) is 6.46. The van der Waals surface area contributed by atoms with Gasteiger partial charge in [0.1, 0.15) is 6.54 Å². The predicted molar refractivity (Wildman–Crippen MR) is 135 cm³/mol. The summed E-state index contributed by atoms with van der Waals surface area (Å²) in [5.74, 6) is 0.317. The molecule has 2 aromatic heterocycles. The molecule has 2 aliphatic heterocycles. The standard InChI is InChI=1S/C25H25BrN4O2S/c26-23-6-5-22(33-23)25(32)29-16-19-3-1-2-4-21(19)30(24(31)17-29)15-18-9-13-28(14-10-18)20-7-11-27-12-8-20/h1-8,11-12,18H,9-10,13-17H2. The molecule has 8 heteroatoms. The third-order valence-corrected chi connectivity index (χ3v) is 8.04. The van der Waals surface area contributed by atoms with E-state index in [1.54, 1.807) is 4.90 Å². The fourth-order valence-electron chi connectivity index (χ4n) is 4.67. The van der Waals surface area contributed by atoms with Crippen LogP contribution in [0.2, 0.25) is 0 Å². The number of fused-ring (bicyclic) bond motifs is 1.